The summed E-state index contributed by atoms with van der Waals surface area (Å²) < 4.78 is 0. The molecule has 4 nitrogen and oxygen atoms in total. The Bertz CT molecular complexity index is 689. The largest absolute Gasteiger partial charge is 0.481 e. The van der Waals surface area contributed by atoms with Crippen molar-refractivity contribution in [2.45, 2.75) is 98.0 Å². The van der Waals surface area contributed by atoms with Crippen LogP contribution in [0, 0.1) is 52.3 Å². The summed E-state index contributed by atoms with van der Waals surface area (Å²) in [5, 5.41) is 19.5. The Labute approximate surface area is 182 Å². The lowest BCUT2D eigenvalue weighted by atomic mass is 9.42. The molecule has 0 radical (unpaired) electrons. The molecule has 0 spiro atoms. The first-order valence-corrected chi connectivity index (χ1v) is 12.6. The quantitative estimate of drug-likeness (QED) is 0.633. The molecule has 0 bridgehead atoms. The van der Waals surface area contributed by atoms with Gasteiger partial charge in [-0.25, -0.2) is 0 Å². The molecule has 30 heavy (non-hydrogen) atoms. The highest BCUT2D eigenvalue weighted by Crippen LogP contribution is 2.68. The van der Waals surface area contributed by atoms with Gasteiger partial charge in [-0.15, -0.1) is 0 Å². The molecular formula is C26H42O4. The zero-order valence-electron chi connectivity index (χ0n) is 19.4. The highest BCUT2D eigenvalue weighted by molar-refractivity contribution is 5.86. The molecule has 4 saturated carbocycles. The Morgan fingerprint density at radius 1 is 1.07 bits per heavy atom. The van der Waals surface area contributed by atoms with Crippen LogP contribution in [0.3, 0.4) is 0 Å². The van der Waals surface area contributed by atoms with Gasteiger partial charge in [-0.3, -0.25) is 9.59 Å². The fourth-order valence-corrected chi connectivity index (χ4v) is 9.16. The van der Waals surface area contributed by atoms with Crippen LogP contribution in [0.25, 0.3) is 0 Å². The average molecular weight is 419 g/mol. The van der Waals surface area contributed by atoms with Crippen molar-refractivity contribution >= 4 is 11.8 Å². The predicted octanol–water partition coefficient (Wildman–Crippen LogP) is 5.32. The van der Waals surface area contributed by atoms with E-state index >= 15 is 0 Å². The number of rotatable bonds is 5. The van der Waals surface area contributed by atoms with Crippen LogP contribution in [0.5, 0.6) is 0 Å². The summed E-state index contributed by atoms with van der Waals surface area (Å²) in [5.74, 6) is 2.31. The number of hydrogen-bond acceptors (Lipinski definition) is 3. The molecule has 4 aliphatic carbocycles. The minimum Gasteiger partial charge on any atom is -0.481 e. The molecule has 0 amide bonds. The van der Waals surface area contributed by atoms with Crippen LogP contribution in [0.1, 0.15) is 91.9 Å². The number of carboxylic acids is 1. The van der Waals surface area contributed by atoms with E-state index in [0.29, 0.717) is 35.4 Å². The smallest absolute Gasteiger partial charge is 0.303 e. The van der Waals surface area contributed by atoms with Gasteiger partial charge in [0.05, 0.1) is 6.10 Å². The third-order valence-corrected chi connectivity index (χ3v) is 10.7. The number of aliphatic hydroxyl groups is 1. The number of hydrogen-bond donors (Lipinski definition) is 2. The molecule has 4 fully saturated rings. The minimum absolute atomic E-state index is 0.108. The van der Waals surface area contributed by atoms with Crippen molar-refractivity contribution in [1.82, 2.24) is 0 Å². The van der Waals surface area contributed by atoms with Crippen molar-refractivity contribution in [2.75, 3.05) is 0 Å². The van der Waals surface area contributed by atoms with E-state index in [2.05, 4.69) is 27.7 Å². The van der Waals surface area contributed by atoms with Crippen molar-refractivity contribution in [3.63, 3.8) is 0 Å². The predicted molar refractivity (Wildman–Crippen MR) is 117 cm³/mol. The molecule has 0 aromatic rings. The van der Waals surface area contributed by atoms with Crippen molar-refractivity contribution in [3.05, 3.63) is 0 Å². The molecule has 2 N–H and O–H groups in total. The molecule has 0 aromatic carbocycles. The van der Waals surface area contributed by atoms with E-state index in [1.165, 1.54) is 6.42 Å². The number of carbonyl (C=O) groups is 2. The maximum atomic E-state index is 13.9. The summed E-state index contributed by atoms with van der Waals surface area (Å²) in [7, 11) is 0. The maximum Gasteiger partial charge on any atom is 0.303 e. The summed E-state index contributed by atoms with van der Waals surface area (Å²) in [6.07, 6.45) is 9.01. The lowest BCUT2D eigenvalue weighted by Crippen LogP contribution is -2.60. The summed E-state index contributed by atoms with van der Waals surface area (Å²) >= 11 is 0. The number of aliphatic hydroxyl groups excluding tert-OH is 1. The third kappa shape index (κ3) is 3.27. The van der Waals surface area contributed by atoms with Gasteiger partial charge in [0, 0.05) is 18.3 Å². The minimum atomic E-state index is -0.697. The molecule has 4 aliphatic rings. The lowest BCUT2D eigenvalue weighted by molar-refractivity contribution is -0.173. The van der Waals surface area contributed by atoms with E-state index < -0.39 is 5.97 Å². The molecular weight excluding hydrogens is 376 g/mol. The van der Waals surface area contributed by atoms with Gasteiger partial charge < -0.3 is 10.2 Å². The Kier molecular flexibility index (Phi) is 5.87. The monoisotopic (exact) mass is 418 g/mol. The standard InChI is InChI=1S/C26H42O4/c1-5-17-21-14-16(27)10-12-26(21,4)20-11-13-25(3)18(15(2)6-9-22(28)29)7-8-19(25)23(20)24(17)30/h15-21,23,27H,5-14H2,1-4H3,(H,28,29)/t15-,16-,17?,18-,19+,20?,21?,23?,25-,26-/m1/s1. The number of Topliss-reactive ketones (excluding diaryl/α,β-unsaturated/α-hetero) is 1. The SMILES string of the molecule is CCC1C(=O)C2C(CC[C@]3(C)[C@@H]([C@H](C)CCC(=O)O)CC[C@@H]23)[C@@]2(C)CC[C@@H](O)CC12. The van der Waals surface area contributed by atoms with Gasteiger partial charge in [0.15, 0.2) is 0 Å². The van der Waals surface area contributed by atoms with Crippen LogP contribution in [-0.4, -0.2) is 28.1 Å². The van der Waals surface area contributed by atoms with Crippen LogP contribution in [0.15, 0.2) is 0 Å². The summed E-state index contributed by atoms with van der Waals surface area (Å²) in [6, 6.07) is 0. The van der Waals surface area contributed by atoms with Gasteiger partial charge >= 0.3 is 5.97 Å². The fraction of sp³-hybridized carbons (Fsp3) is 0.923. The van der Waals surface area contributed by atoms with Gasteiger partial charge in [-0.05, 0) is 98.2 Å². The van der Waals surface area contributed by atoms with E-state index in [-0.39, 0.29) is 35.2 Å². The molecule has 4 unspecified atom stereocenters. The Morgan fingerprint density at radius 2 is 1.73 bits per heavy atom. The lowest BCUT2D eigenvalue weighted by Gasteiger charge is -2.62. The summed E-state index contributed by atoms with van der Waals surface area (Å²) in [6.45, 7) is 9.28. The van der Waals surface area contributed by atoms with E-state index in [4.69, 9.17) is 5.11 Å². The number of ketones is 1. The third-order valence-electron chi connectivity index (χ3n) is 10.7. The van der Waals surface area contributed by atoms with Gasteiger partial charge in [0.25, 0.3) is 0 Å². The molecule has 4 rings (SSSR count). The van der Waals surface area contributed by atoms with Crippen molar-refractivity contribution in [1.29, 1.82) is 0 Å². The topological polar surface area (TPSA) is 74.6 Å². The molecule has 0 aliphatic heterocycles. The first-order chi connectivity index (χ1) is 14.1. The number of carbonyl (C=O) groups excluding carboxylic acids is 1. The highest BCUT2D eigenvalue weighted by atomic mass is 16.4. The Balaban J connectivity index is 1.62. The Morgan fingerprint density at radius 3 is 2.40 bits per heavy atom. The summed E-state index contributed by atoms with van der Waals surface area (Å²) in [5.41, 5.74) is 0.358. The van der Waals surface area contributed by atoms with Crippen LogP contribution in [-0.2, 0) is 9.59 Å². The zero-order valence-corrected chi connectivity index (χ0v) is 19.4. The maximum absolute atomic E-state index is 13.9. The fourth-order valence-electron chi connectivity index (χ4n) is 9.16. The molecule has 0 aromatic heterocycles. The number of carboxylic acid groups (broad SMARTS) is 1. The van der Waals surface area contributed by atoms with E-state index in [0.717, 1.165) is 51.4 Å². The number of fused-ring (bicyclic) bond motifs is 5. The van der Waals surface area contributed by atoms with E-state index in [1.807, 2.05) is 0 Å². The van der Waals surface area contributed by atoms with Crippen LogP contribution in [0.4, 0.5) is 0 Å². The summed E-state index contributed by atoms with van der Waals surface area (Å²) in [4.78, 5) is 25.0. The van der Waals surface area contributed by atoms with Gasteiger partial charge in [0.1, 0.15) is 5.78 Å². The van der Waals surface area contributed by atoms with Gasteiger partial charge in [-0.2, -0.15) is 0 Å². The second kappa shape index (κ2) is 7.90. The van der Waals surface area contributed by atoms with E-state index in [1.54, 1.807) is 0 Å². The second-order valence-electron chi connectivity index (χ2n) is 11.8. The molecule has 0 saturated heterocycles. The normalized spacial score (nSPS) is 49.1. The number of aliphatic carboxylic acids is 1. The van der Waals surface area contributed by atoms with Crippen molar-refractivity contribution in [3.8, 4) is 0 Å². The van der Waals surface area contributed by atoms with E-state index in [9.17, 15) is 14.7 Å². The first-order valence-electron chi connectivity index (χ1n) is 12.6. The average Bonchev–Trinajstić information content (AvgIpc) is 3.05. The molecule has 0 heterocycles. The van der Waals surface area contributed by atoms with Gasteiger partial charge in [-0.1, -0.05) is 27.7 Å². The van der Waals surface area contributed by atoms with Gasteiger partial charge in [0.2, 0.25) is 0 Å². The van der Waals surface area contributed by atoms with Crippen molar-refractivity contribution < 1.29 is 19.8 Å². The van der Waals surface area contributed by atoms with Crippen LogP contribution >= 0.6 is 0 Å². The van der Waals surface area contributed by atoms with Crippen LogP contribution < -0.4 is 0 Å². The second-order valence-corrected chi connectivity index (χ2v) is 11.8. The highest BCUT2D eigenvalue weighted by Gasteiger charge is 2.65. The Hall–Kier alpha value is -0.900. The van der Waals surface area contributed by atoms with Crippen LogP contribution in [0.2, 0.25) is 0 Å². The molecule has 170 valence electrons. The molecule has 4 heteroatoms. The zero-order chi connectivity index (χ0) is 21.8. The van der Waals surface area contributed by atoms with Crippen molar-refractivity contribution in [2.24, 2.45) is 52.3 Å². The molecule has 10 atom stereocenters. The first kappa shape index (κ1) is 22.3.